The van der Waals surface area contributed by atoms with Crippen molar-refractivity contribution in [3.05, 3.63) is 0 Å². The lowest BCUT2D eigenvalue weighted by atomic mass is 9.87. The van der Waals surface area contributed by atoms with E-state index in [-0.39, 0.29) is 6.04 Å². The van der Waals surface area contributed by atoms with Crippen LogP contribution in [0.15, 0.2) is 0 Å². The molecule has 98 valence electrons. The first-order chi connectivity index (χ1) is 8.11. The third kappa shape index (κ3) is 2.82. The summed E-state index contributed by atoms with van der Waals surface area (Å²) in [5.41, 5.74) is 5.61. The molecule has 2 bridgehead atoms. The number of carbonyl (C=O) groups is 1. The average Bonchev–Trinajstić information content (AvgIpc) is 2.89. The monoisotopic (exact) mass is 238 g/mol. The maximum atomic E-state index is 12.3. The molecule has 4 unspecified atom stereocenters. The van der Waals surface area contributed by atoms with Crippen LogP contribution in [0.25, 0.3) is 0 Å². The Bertz CT molecular complexity index is 277. The van der Waals surface area contributed by atoms with Crippen LogP contribution in [0, 0.1) is 23.7 Å². The fraction of sp³-hybridized carbons (Fsp3) is 0.929. The van der Waals surface area contributed by atoms with Gasteiger partial charge in [-0.25, -0.2) is 0 Å². The highest BCUT2D eigenvalue weighted by molar-refractivity contribution is 5.79. The number of fused-ring (bicyclic) bond motifs is 2. The van der Waals surface area contributed by atoms with Gasteiger partial charge in [-0.15, -0.1) is 0 Å². The molecule has 3 N–H and O–H groups in total. The molecule has 2 aliphatic carbocycles. The molecule has 0 radical (unpaired) electrons. The fourth-order valence-corrected chi connectivity index (χ4v) is 3.61. The van der Waals surface area contributed by atoms with E-state index in [2.05, 4.69) is 19.2 Å². The van der Waals surface area contributed by atoms with Crippen LogP contribution in [0.2, 0.25) is 0 Å². The van der Waals surface area contributed by atoms with Gasteiger partial charge in [0.2, 0.25) is 5.91 Å². The average molecular weight is 238 g/mol. The lowest BCUT2D eigenvalue weighted by molar-refractivity contribution is -0.127. The molecule has 3 heteroatoms. The number of rotatable bonds is 5. The third-order valence-corrected chi connectivity index (χ3v) is 4.68. The molecule has 2 saturated carbocycles. The lowest BCUT2D eigenvalue weighted by Gasteiger charge is -2.27. The Labute approximate surface area is 105 Å². The second-order valence-electron chi connectivity index (χ2n) is 6.22. The summed E-state index contributed by atoms with van der Waals surface area (Å²) in [5.74, 6) is 2.58. The van der Waals surface area contributed by atoms with Gasteiger partial charge in [-0.3, -0.25) is 4.79 Å². The van der Waals surface area contributed by atoms with Crippen molar-refractivity contribution in [3.8, 4) is 0 Å². The first-order valence-corrected chi connectivity index (χ1v) is 7.12. The van der Waals surface area contributed by atoms with E-state index in [4.69, 9.17) is 5.73 Å². The van der Waals surface area contributed by atoms with E-state index in [0.717, 1.165) is 18.8 Å². The number of nitrogens with two attached hydrogens (primary N) is 1. The molecular formula is C14H26N2O. The van der Waals surface area contributed by atoms with Gasteiger partial charge in [0.1, 0.15) is 0 Å². The predicted molar refractivity (Wildman–Crippen MR) is 69.4 cm³/mol. The molecule has 3 nitrogen and oxygen atoms in total. The van der Waals surface area contributed by atoms with E-state index in [0.29, 0.717) is 30.2 Å². The molecule has 0 aliphatic heterocycles. The first-order valence-electron chi connectivity index (χ1n) is 7.12. The number of hydrogen-bond donors (Lipinski definition) is 2. The molecular weight excluding hydrogens is 212 g/mol. The summed E-state index contributed by atoms with van der Waals surface area (Å²) < 4.78 is 0. The Hall–Kier alpha value is -0.570. The van der Waals surface area contributed by atoms with Gasteiger partial charge in [0.15, 0.2) is 0 Å². The van der Waals surface area contributed by atoms with Gasteiger partial charge < -0.3 is 11.1 Å². The summed E-state index contributed by atoms with van der Waals surface area (Å²) in [7, 11) is 0. The highest BCUT2D eigenvalue weighted by atomic mass is 16.2. The summed E-state index contributed by atoms with van der Waals surface area (Å²) in [6.07, 6.45) is 5.94. The van der Waals surface area contributed by atoms with Gasteiger partial charge in [0.05, 0.1) is 0 Å². The molecule has 0 aromatic rings. The molecule has 2 aliphatic rings. The number of amides is 1. The normalized spacial score (nSPS) is 33.1. The van der Waals surface area contributed by atoms with E-state index in [1.54, 1.807) is 0 Å². The van der Waals surface area contributed by atoms with Gasteiger partial charge in [-0.05, 0) is 50.0 Å². The highest BCUT2D eigenvalue weighted by Gasteiger charge is 2.43. The maximum Gasteiger partial charge on any atom is 0.223 e. The minimum absolute atomic E-state index is 0.256. The minimum Gasteiger partial charge on any atom is -0.353 e. The van der Waals surface area contributed by atoms with E-state index in [1.807, 2.05) is 0 Å². The van der Waals surface area contributed by atoms with Crippen LogP contribution in [-0.2, 0) is 4.79 Å². The fourth-order valence-electron chi connectivity index (χ4n) is 3.61. The molecule has 4 atom stereocenters. The Morgan fingerprint density at radius 2 is 2.12 bits per heavy atom. The summed E-state index contributed by atoms with van der Waals surface area (Å²) in [4.78, 5) is 12.3. The van der Waals surface area contributed by atoms with Crippen molar-refractivity contribution in [2.75, 3.05) is 6.54 Å². The van der Waals surface area contributed by atoms with Crippen molar-refractivity contribution in [1.82, 2.24) is 5.32 Å². The third-order valence-electron chi connectivity index (χ3n) is 4.68. The summed E-state index contributed by atoms with van der Waals surface area (Å²) in [5, 5.41) is 3.23. The first kappa shape index (κ1) is 12.9. The van der Waals surface area contributed by atoms with Crippen molar-refractivity contribution in [2.24, 2.45) is 29.4 Å². The van der Waals surface area contributed by atoms with Crippen LogP contribution in [0.5, 0.6) is 0 Å². The summed E-state index contributed by atoms with van der Waals surface area (Å²) in [6.45, 7) is 4.96. The Kier molecular flexibility index (Phi) is 4.08. The zero-order chi connectivity index (χ0) is 12.4. The zero-order valence-corrected chi connectivity index (χ0v) is 11.1. The number of nitrogens with one attached hydrogen (secondary N) is 1. The second-order valence-corrected chi connectivity index (χ2v) is 6.22. The highest BCUT2D eigenvalue weighted by Crippen LogP contribution is 2.48. The Morgan fingerprint density at radius 1 is 1.35 bits per heavy atom. The Morgan fingerprint density at radius 3 is 2.59 bits per heavy atom. The lowest BCUT2D eigenvalue weighted by Crippen LogP contribution is -2.44. The number of hydrogen-bond acceptors (Lipinski definition) is 2. The topological polar surface area (TPSA) is 55.1 Å². The van der Waals surface area contributed by atoms with Crippen LogP contribution >= 0.6 is 0 Å². The maximum absolute atomic E-state index is 12.3. The van der Waals surface area contributed by atoms with E-state index < -0.39 is 0 Å². The SMILES string of the molecule is CC(C)C(CCN)NC(=O)C1CC2CCC1C2. The van der Waals surface area contributed by atoms with Crippen LogP contribution in [0.4, 0.5) is 0 Å². The van der Waals surface area contributed by atoms with Crippen molar-refractivity contribution in [3.63, 3.8) is 0 Å². The standard InChI is InChI=1S/C14H26N2O/c1-9(2)13(5-6-15)16-14(17)12-8-10-3-4-11(12)7-10/h9-13H,3-8,15H2,1-2H3,(H,16,17). The molecule has 0 aromatic heterocycles. The zero-order valence-electron chi connectivity index (χ0n) is 11.1. The van der Waals surface area contributed by atoms with Gasteiger partial charge in [0, 0.05) is 12.0 Å². The van der Waals surface area contributed by atoms with Gasteiger partial charge >= 0.3 is 0 Å². The molecule has 0 aromatic carbocycles. The quantitative estimate of drug-likeness (QED) is 0.768. The Balaban J connectivity index is 1.87. The predicted octanol–water partition coefficient (Wildman–Crippen LogP) is 1.91. The molecule has 0 saturated heterocycles. The summed E-state index contributed by atoms with van der Waals surface area (Å²) in [6, 6.07) is 0.256. The van der Waals surface area contributed by atoms with Crippen molar-refractivity contribution >= 4 is 5.91 Å². The van der Waals surface area contributed by atoms with Crippen LogP contribution < -0.4 is 11.1 Å². The molecule has 2 fully saturated rings. The van der Waals surface area contributed by atoms with Crippen LogP contribution in [-0.4, -0.2) is 18.5 Å². The van der Waals surface area contributed by atoms with Crippen molar-refractivity contribution in [2.45, 2.75) is 52.0 Å². The van der Waals surface area contributed by atoms with Crippen LogP contribution in [0.3, 0.4) is 0 Å². The molecule has 0 spiro atoms. The van der Waals surface area contributed by atoms with E-state index in [9.17, 15) is 4.79 Å². The minimum atomic E-state index is 0.256. The molecule has 1 amide bonds. The largest absolute Gasteiger partial charge is 0.353 e. The number of carbonyl (C=O) groups excluding carboxylic acids is 1. The molecule has 2 rings (SSSR count). The second kappa shape index (κ2) is 5.38. The van der Waals surface area contributed by atoms with Gasteiger partial charge in [-0.1, -0.05) is 20.3 Å². The van der Waals surface area contributed by atoms with E-state index >= 15 is 0 Å². The van der Waals surface area contributed by atoms with Crippen molar-refractivity contribution in [1.29, 1.82) is 0 Å². The molecule has 0 heterocycles. The van der Waals surface area contributed by atoms with E-state index in [1.165, 1.54) is 19.3 Å². The summed E-state index contributed by atoms with van der Waals surface area (Å²) >= 11 is 0. The molecule has 17 heavy (non-hydrogen) atoms. The van der Waals surface area contributed by atoms with Gasteiger partial charge in [0.25, 0.3) is 0 Å². The van der Waals surface area contributed by atoms with Crippen LogP contribution in [0.1, 0.15) is 46.0 Å². The smallest absolute Gasteiger partial charge is 0.223 e. The van der Waals surface area contributed by atoms with Crippen molar-refractivity contribution < 1.29 is 4.79 Å². The van der Waals surface area contributed by atoms with Gasteiger partial charge in [-0.2, -0.15) is 0 Å².